The number of anilines is 1. The molecule has 2 aromatic carbocycles. The van der Waals surface area contributed by atoms with Gasteiger partial charge in [-0.1, -0.05) is 30.3 Å². The van der Waals surface area contributed by atoms with Crippen LogP contribution in [0.4, 0.5) is 5.69 Å². The average molecular weight is 524 g/mol. The smallest absolute Gasteiger partial charge is 0.194 e. The number of nitrogens with one attached hydrogen (secondary N) is 1. The number of benzene rings is 2. The summed E-state index contributed by atoms with van der Waals surface area (Å²) >= 11 is 0. The van der Waals surface area contributed by atoms with Gasteiger partial charge in [0.15, 0.2) is 5.96 Å². The van der Waals surface area contributed by atoms with Gasteiger partial charge in [0.2, 0.25) is 0 Å². The number of guanidine groups is 1. The lowest BCUT2D eigenvalue weighted by Crippen LogP contribution is -2.52. The van der Waals surface area contributed by atoms with Crippen molar-refractivity contribution in [3.63, 3.8) is 0 Å². The van der Waals surface area contributed by atoms with Crippen LogP contribution in [0.25, 0.3) is 0 Å². The van der Waals surface area contributed by atoms with Crippen LogP contribution in [-0.2, 0) is 17.9 Å². The van der Waals surface area contributed by atoms with E-state index in [0.717, 1.165) is 51.0 Å². The van der Waals surface area contributed by atoms with Gasteiger partial charge in [0, 0.05) is 58.1 Å². The Kier molecular flexibility index (Phi) is 10.2. The molecule has 2 aromatic rings. The van der Waals surface area contributed by atoms with Crippen molar-refractivity contribution in [1.82, 2.24) is 10.2 Å². The van der Waals surface area contributed by atoms with Crippen LogP contribution in [0.5, 0.6) is 5.75 Å². The number of aliphatic imine (C=N–C) groups is 1. The highest BCUT2D eigenvalue weighted by molar-refractivity contribution is 14.0. The van der Waals surface area contributed by atoms with E-state index >= 15 is 0 Å². The van der Waals surface area contributed by atoms with Gasteiger partial charge in [0.1, 0.15) is 5.75 Å². The molecule has 1 aliphatic rings. The summed E-state index contributed by atoms with van der Waals surface area (Å²) in [6.07, 6.45) is 0. The SMILES string of the molecule is CCOCc1ccc(CNC(=NC)N2CCN(c3cccc(OC)c3)CC2)cc1.I. The molecule has 3 rings (SSSR count). The van der Waals surface area contributed by atoms with Crippen LogP contribution in [0.1, 0.15) is 18.1 Å². The second-order valence-corrected chi connectivity index (χ2v) is 7.03. The van der Waals surface area contributed by atoms with Gasteiger partial charge in [0.05, 0.1) is 13.7 Å². The first-order chi connectivity index (χ1) is 14.2. The van der Waals surface area contributed by atoms with Crippen molar-refractivity contribution in [2.45, 2.75) is 20.1 Å². The Morgan fingerprint density at radius 2 is 1.73 bits per heavy atom. The summed E-state index contributed by atoms with van der Waals surface area (Å²) in [6, 6.07) is 16.8. The van der Waals surface area contributed by atoms with Gasteiger partial charge in [0.25, 0.3) is 0 Å². The third kappa shape index (κ3) is 6.77. The molecule has 1 fully saturated rings. The molecule has 0 atom stereocenters. The zero-order valence-corrected chi connectivity index (χ0v) is 20.5. The van der Waals surface area contributed by atoms with Crippen LogP contribution >= 0.6 is 24.0 Å². The van der Waals surface area contributed by atoms with E-state index in [1.807, 2.05) is 26.1 Å². The molecule has 1 heterocycles. The molecule has 0 bridgehead atoms. The van der Waals surface area contributed by atoms with Gasteiger partial charge in [-0.25, -0.2) is 0 Å². The van der Waals surface area contributed by atoms with E-state index in [9.17, 15) is 0 Å². The fourth-order valence-electron chi connectivity index (χ4n) is 3.47. The molecule has 7 heteroatoms. The van der Waals surface area contributed by atoms with Gasteiger partial charge in [-0.3, -0.25) is 4.99 Å². The van der Waals surface area contributed by atoms with Crippen LogP contribution in [0.15, 0.2) is 53.5 Å². The number of halogens is 1. The van der Waals surface area contributed by atoms with Crippen LogP contribution in [0, 0.1) is 0 Å². The summed E-state index contributed by atoms with van der Waals surface area (Å²) in [5, 5.41) is 3.50. The molecule has 0 unspecified atom stereocenters. The Balaban J connectivity index is 0.00000320. The molecular weight excluding hydrogens is 491 g/mol. The molecule has 0 aromatic heterocycles. The van der Waals surface area contributed by atoms with E-state index in [1.54, 1.807) is 7.11 Å². The number of ether oxygens (including phenoxy) is 2. The Labute approximate surface area is 197 Å². The third-order valence-corrected chi connectivity index (χ3v) is 5.16. The largest absolute Gasteiger partial charge is 0.497 e. The van der Waals surface area contributed by atoms with Gasteiger partial charge in [-0.15, -0.1) is 24.0 Å². The minimum Gasteiger partial charge on any atom is -0.497 e. The molecule has 0 spiro atoms. The summed E-state index contributed by atoms with van der Waals surface area (Å²) in [4.78, 5) is 9.19. The highest BCUT2D eigenvalue weighted by Crippen LogP contribution is 2.22. The third-order valence-electron chi connectivity index (χ3n) is 5.16. The molecule has 0 radical (unpaired) electrons. The molecule has 0 saturated carbocycles. The molecule has 0 aliphatic carbocycles. The summed E-state index contributed by atoms with van der Waals surface area (Å²) in [5.41, 5.74) is 3.65. The minimum atomic E-state index is 0. The Morgan fingerprint density at radius 3 is 2.37 bits per heavy atom. The molecular formula is C23H33IN4O2. The Morgan fingerprint density at radius 1 is 1.03 bits per heavy atom. The first-order valence-corrected chi connectivity index (χ1v) is 10.2. The van der Waals surface area contributed by atoms with E-state index in [2.05, 4.69) is 56.5 Å². The topological polar surface area (TPSA) is 49.3 Å². The first-order valence-electron chi connectivity index (χ1n) is 10.2. The number of nitrogens with zero attached hydrogens (tertiary/aromatic N) is 3. The summed E-state index contributed by atoms with van der Waals surface area (Å²) in [6.45, 7) is 7.97. The molecule has 30 heavy (non-hydrogen) atoms. The Bertz CT molecular complexity index is 790. The maximum absolute atomic E-state index is 5.46. The van der Waals surface area contributed by atoms with Crippen LogP contribution in [0.3, 0.4) is 0 Å². The number of piperazine rings is 1. The number of rotatable bonds is 7. The molecule has 164 valence electrons. The van der Waals surface area contributed by atoms with E-state index < -0.39 is 0 Å². The summed E-state index contributed by atoms with van der Waals surface area (Å²) < 4.78 is 10.8. The summed E-state index contributed by atoms with van der Waals surface area (Å²) in [7, 11) is 3.56. The second kappa shape index (κ2) is 12.6. The zero-order valence-electron chi connectivity index (χ0n) is 18.1. The summed E-state index contributed by atoms with van der Waals surface area (Å²) in [5.74, 6) is 1.85. The minimum absolute atomic E-state index is 0. The maximum Gasteiger partial charge on any atom is 0.194 e. The van der Waals surface area contributed by atoms with E-state index in [1.165, 1.54) is 16.8 Å². The number of methoxy groups -OCH3 is 1. The lowest BCUT2D eigenvalue weighted by Gasteiger charge is -2.37. The van der Waals surface area contributed by atoms with Crippen LogP contribution in [0.2, 0.25) is 0 Å². The van der Waals surface area contributed by atoms with E-state index in [0.29, 0.717) is 6.61 Å². The van der Waals surface area contributed by atoms with Gasteiger partial charge in [-0.2, -0.15) is 0 Å². The zero-order chi connectivity index (χ0) is 20.5. The quantitative estimate of drug-likeness (QED) is 0.340. The fraction of sp³-hybridized carbons (Fsp3) is 0.435. The van der Waals surface area contributed by atoms with Gasteiger partial charge >= 0.3 is 0 Å². The first kappa shape index (κ1) is 24.3. The van der Waals surface area contributed by atoms with E-state index in [4.69, 9.17) is 9.47 Å². The molecule has 1 N–H and O–H groups in total. The average Bonchev–Trinajstić information content (AvgIpc) is 2.79. The lowest BCUT2D eigenvalue weighted by atomic mass is 10.1. The van der Waals surface area contributed by atoms with Crippen LogP contribution in [-0.4, -0.2) is 57.8 Å². The molecule has 1 saturated heterocycles. The van der Waals surface area contributed by atoms with Crippen molar-refractivity contribution in [1.29, 1.82) is 0 Å². The van der Waals surface area contributed by atoms with Crippen molar-refractivity contribution in [3.8, 4) is 5.75 Å². The van der Waals surface area contributed by atoms with Crippen molar-refractivity contribution >= 4 is 35.6 Å². The van der Waals surface area contributed by atoms with Crippen LogP contribution < -0.4 is 15.0 Å². The Hall–Kier alpha value is -2.00. The van der Waals surface area contributed by atoms with Crippen molar-refractivity contribution in [2.75, 3.05) is 51.8 Å². The van der Waals surface area contributed by atoms with E-state index in [-0.39, 0.29) is 24.0 Å². The van der Waals surface area contributed by atoms with Crippen molar-refractivity contribution in [2.24, 2.45) is 4.99 Å². The second-order valence-electron chi connectivity index (χ2n) is 7.03. The lowest BCUT2D eigenvalue weighted by molar-refractivity contribution is 0.134. The molecule has 0 amide bonds. The number of hydrogen-bond acceptors (Lipinski definition) is 4. The van der Waals surface area contributed by atoms with Gasteiger partial charge in [-0.05, 0) is 30.2 Å². The fourth-order valence-corrected chi connectivity index (χ4v) is 3.47. The van der Waals surface area contributed by atoms with Gasteiger partial charge < -0.3 is 24.6 Å². The van der Waals surface area contributed by atoms with Crippen molar-refractivity contribution in [3.05, 3.63) is 59.7 Å². The highest BCUT2D eigenvalue weighted by Gasteiger charge is 2.20. The molecule has 1 aliphatic heterocycles. The predicted octanol–water partition coefficient (Wildman–Crippen LogP) is 3.75. The predicted molar refractivity (Wildman–Crippen MR) is 134 cm³/mol. The maximum atomic E-state index is 5.46. The standard InChI is InChI=1S/C23H32N4O2.HI/c1-4-29-18-20-10-8-19(9-11-20)17-25-23(24-2)27-14-12-26(13-15-27)21-6-5-7-22(16-21)28-3;/h5-11,16H,4,12-15,17-18H2,1-3H3,(H,24,25);1H. The monoisotopic (exact) mass is 524 g/mol. The van der Waals surface area contributed by atoms with Crippen molar-refractivity contribution < 1.29 is 9.47 Å². The highest BCUT2D eigenvalue weighted by atomic mass is 127. The number of hydrogen-bond donors (Lipinski definition) is 1. The normalized spacial score (nSPS) is 14.3. The molecule has 6 nitrogen and oxygen atoms in total.